The maximum atomic E-state index is 12.9. The van der Waals surface area contributed by atoms with Crippen LogP contribution in [0, 0.1) is 17.8 Å². The number of nitrogens with zero attached hydrogens (tertiary/aromatic N) is 1. The van der Waals surface area contributed by atoms with Crippen LogP contribution >= 0.6 is 0 Å². The van der Waals surface area contributed by atoms with Crippen molar-refractivity contribution >= 4 is 11.8 Å². The van der Waals surface area contributed by atoms with Crippen molar-refractivity contribution < 1.29 is 9.59 Å². The third-order valence-electron chi connectivity index (χ3n) is 5.92. The lowest BCUT2D eigenvalue weighted by Crippen LogP contribution is -2.70. The van der Waals surface area contributed by atoms with Gasteiger partial charge in [-0.25, -0.2) is 0 Å². The molecule has 3 fully saturated rings. The maximum Gasteiger partial charge on any atom is 0.249 e. The van der Waals surface area contributed by atoms with E-state index in [2.05, 4.69) is 12.2 Å². The molecule has 1 N–H and O–H groups in total. The van der Waals surface area contributed by atoms with Gasteiger partial charge in [0.1, 0.15) is 11.6 Å². The molecular formula is C17H28N2O2. The maximum absolute atomic E-state index is 12.9. The fourth-order valence-corrected chi connectivity index (χ4v) is 4.00. The van der Waals surface area contributed by atoms with E-state index in [0.717, 1.165) is 25.3 Å². The average molecular weight is 292 g/mol. The minimum absolute atomic E-state index is 0.0215. The Morgan fingerprint density at radius 3 is 2.29 bits per heavy atom. The molecule has 2 amide bonds. The Hall–Kier alpha value is -1.06. The second-order valence-electron chi connectivity index (χ2n) is 7.73. The predicted molar refractivity (Wildman–Crippen MR) is 81.6 cm³/mol. The smallest absolute Gasteiger partial charge is 0.249 e. The Morgan fingerprint density at radius 1 is 1.10 bits per heavy atom. The first-order valence-electron chi connectivity index (χ1n) is 8.55. The van der Waals surface area contributed by atoms with Crippen molar-refractivity contribution in [2.75, 3.05) is 6.54 Å². The molecule has 0 aromatic heterocycles. The van der Waals surface area contributed by atoms with Crippen molar-refractivity contribution in [2.24, 2.45) is 17.8 Å². The molecule has 2 aliphatic carbocycles. The quantitative estimate of drug-likeness (QED) is 0.868. The summed E-state index contributed by atoms with van der Waals surface area (Å²) in [6, 6.07) is -0.316. The number of rotatable bonds is 3. The van der Waals surface area contributed by atoms with Crippen LogP contribution in [0.4, 0.5) is 0 Å². The van der Waals surface area contributed by atoms with Gasteiger partial charge in [-0.3, -0.25) is 9.59 Å². The fourth-order valence-electron chi connectivity index (χ4n) is 4.00. The zero-order valence-corrected chi connectivity index (χ0v) is 13.5. The minimum atomic E-state index is -0.647. The van der Waals surface area contributed by atoms with Crippen LogP contribution in [-0.2, 0) is 9.59 Å². The summed E-state index contributed by atoms with van der Waals surface area (Å²) in [7, 11) is 0. The number of hydrogen-bond acceptors (Lipinski definition) is 2. The summed E-state index contributed by atoms with van der Waals surface area (Å²) in [5.74, 6) is 1.90. The van der Waals surface area contributed by atoms with E-state index in [1.807, 2.05) is 18.7 Å². The summed E-state index contributed by atoms with van der Waals surface area (Å²) in [5.41, 5.74) is -0.647. The van der Waals surface area contributed by atoms with Crippen molar-refractivity contribution in [3.05, 3.63) is 0 Å². The van der Waals surface area contributed by atoms with Crippen LogP contribution in [-0.4, -0.2) is 34.8 Å². The van der Waals surface area contributed by atoms with E-state index in [-0.39, 0.29) is 17.9 Å². The molecule has 2 atom stereocenters. The van der Waals surface area contributed by atoms with Gasteiger partial charge in [0, 0.05) is 6.54 Å². The van der Waals surface area contributed by atoms with Crippen LogP contribution in [0.2, 0.25) is 0 Å². The monoisotopic (exact) mass is 292 g/mol. The summed E-state index contributed by atoms with van der Waals surface area (Å²) in [6.07, 6.45) is 7.02. The topological polar surface area (TPSA) is 49.4 Å². The highest BCUT2D eigenvalue weighted by atomic mass is 16.2. The molecule has 4 nitrogen and oxygen atoms in total. The standard InChI is InChI=1S/C17H28N2O2/c1-11-4-6-13(7-5-11)10-19-12(2)15(20)18-17(3,16(19)21)14-8-9-14/h11-14H,4-10H2,1-3H3,(H,18,20). The van der Waals surface area contributed by atoms with Gasteiger partial charge in [-0.05, 0) is 57.3 Å². The lowest BCUT2D eigenvalue weighted by atomic mass is 9.81. The zero-order chi connectivity index (χ0) is 15.2. The second-order valence-corrected chi connectivity index (χ2v) is 7.73. The molecule has 21 heavy (non-hydrogen) atoms. The van der Waals surface area contributed by atoms with Gasteiger partial charge in [0.05, 0.1) is 0 Å². The first-order valence-corrected chi connectivity index (χ1v) is 8.55. The summed E-state index contributed by atoms with van der Waals surface area (Å²) in [4.78, 5) is 27.1. The van der Waals surface area contributed by atoms with Gasteiger partial charge in [-0.15, -0.1) is 0 Å². The highest BCUT2D eigenvalue weighted by Crippen LogP contribution is 2.42. The van der Waals surface area contributed by atoms with Crippen LogP contribution in [0.3, 0.4) is 0 Å². The Balaban J connectivity index is 1.72. The molecule has 3 aliphatic rings. The van der Waals surface area contributed by atoms with Gasteiger partial charge >= 0.3 is 0 Å². The molecule has 1 heterocycles. The normalized spacial score (nSPS) is 41.1. The van der Waals surface area contributed by atoms with Gasteiger partial charge in [0.25, 0.3) is 0 Å². The van der Waals surface area contributed by atoms with Gasteiger partial charge < -0.3 is 10.2 Å². The Labute approximate surface area is 127 Å². The van der Waals surface area contributed by atoms with Crippen LogP contribution in [0.1, 0.15) is 59.3 Å². The van der Waals surface area contributed by atoms with Gasteiger partial charge in [-0.1, -0.05) is 19.8 Å². The summed E-state index contributed by atoms with van der Waals surface area (Å²) < 4.78 is 0. The number of hydrogen-bond donors (Lipinski definition) is 1. The highest BCUT2D eigenvalue weighted by molar-refractivity contribution is 5.99. The van der Waals surface area contributed by atoms with E-state index in [4.69, 9.17) is 0 Å². The Morgan fingerprint density at radius 2 is 1.71 bits per heavy atom. The molecular weight excluding hydrogens is 264 g/mol. The number of amides is 2. The van der Waals surface area contributed by atoms with E-state index in [9.17, 15) is 9.59 Å². The first kappa shape index (κ1) is 14.9. The SMILES string of the molecule is CC1CCC(CN2C(=O)C(C)(C3CC3)NC(=O)C2C)CC1. The van der Waals surface area contributed by atoms with Crippen molar-refractivity contribution in [1.82, 2.24) is 10.2 Å². The first-order chi connectivity index (χ1) is 9.91. The molecule has 1 saturated heterocycles. The van der Waals surface area contributed by atoms with Crippen molar-refractivity contribution in [3.63, 3.8) is 0 Å². The lowest BCUT2D eigenvalue weighted by Gasteiger charge is -2.45. The number of nitrogens with one attached hydrogen (secondary N) is 1. The Kier molecular flexibility index (Phi) is 3.74. The molecule has 2 unspecified atom stereocenters. The summed E-state index contributed by atoms with van der Waals surface area (Å²) in [5, 5.41) is 3.00. The number of piperazine rings is 1. The third kappa shape index (κ3) is 2.69. The Bertz CT molecular complexity index is 438. The second kappa shape index (κ2) is 5.29. The molecule has 118 valence electrons. The molecule has 1 aliphatic heterocycles. The van der Waals surface area contributed by atoms with Crippen LogP contribution in [0.5, 0.6) is 0 Å². The third-order valence-corrected chi connectivity index (χ3v) is 5.92. The van der Waals surface area contributed by atoms with E-state index >= 15 is 0 Å². The largest absolute Gasteiger partial charge is 0.340 e. The van der Waals surface area contributed by atoms with Gasteiger partial charge in [0.15, 0.2) is 0 Å². The van der Waals surface area contributed by atoms with Crippen LogP contribution < -0.4 is 5.32 Å². The molecule has 0 aromatic carbocycles. The van der Waals surface area contributed by atoms with Gasteiger partial charge in [0.2, 0.25) is 11.8 Å². The number of carbonyl (C=O) groups excluding carboxylic acids is 2. The lowest BCUT2D eigenvalue weighted by molar-refractivity contribution is -0.155. The molecule has 3 rings (SSSR count). The van der Waals surface area contributed by atoms with Crippen molar-refractivity contribution in [1.29, 1.82) is 0 Å². The van der Waals surface area contributed by atoms with Crippen molar-refractivity contribution in [3.8, 4) is 0 Å². The molecule has 0 radical (unpaired) electrons. The minimum Gasteiger partial charge on any atom is -0.340 e. The average Bonchev–Trinajstić information content (AvgIpc) is 3.28. The molecule has 0 spiro atoms. The molecule has 2 saturated carbocycles. The summed E-state index contributed by atoms with van der Waals surface area (Å²) in [6.45, 7) is 6.86. The van der Waals surface area contributed by atoms with Crippen molar-refractivity contribution in [2.45, 2.75) is 70.9 Å². The zero-order valence-electron chi connectivity index (χ0n) is 13.5. The van der Waals surface area contributed by atoms with Gasteiger partial charge in [-0.2, -0.15) is 0 Å². The van der Waals surface area contributed by atoms with E-state index < -0.39 is 5.54 Å². The summed E-state index contributed by atoms with van der Waals surface area (Å²) >= 11 is 0. The fraction of sp³-hybridized carbons (Fsp3) is 0.882. The molecule has 0 aromatic rings. The van der Waals surface area contributed by atoms with Crippen LogP contribution in [0.15, 0.2) is 0 Å². The highest BCUT2D eigenvalue weighted by Gasteiger charge is 2.54. The predicted octanol–water partition coefficient (Wildman–Crippen LogP) is 2.33. The number of carbonyl (C=O) groups is 2. The molecule has 4 heteroatoms. The van der Waals surface area contributed by atoms with E-state index in [1.54, 1.807) is 0 Å². The van der Waals surface area contributed by atoms with E-state index in [0.29, 0.717) is 11.8 Å². The van der Waals surface area contributed by atoms with Crippen LogP contribution in [0.25, 0.3) is 0 Å². The molecule has 0 bridgehead atoms. The van der Waals surface area contributed by atoms with E-state index in [1.165, 1.54) is 25.7 Å².